The third-order valence-corrected chi connectivity index (χ3v) is 2.47. The minimum Gasteiger partial charge on any atom is -0.326 e. The molecule has 1 rings (SSSR count). The van der Waals surface area contributed by atoms with Crippen molar-refractivity contribution in [2.75, 3.05) is 5.32 Å². The summed E-state index contributed by atoms with van der Waals surface area (Å²) in [6.45, 7) is 0. The van der Waals surface area contributed by atoms with Crippen LogP contribution in [-0.4, -0.2) is 17.6 Å². The molecule has 0 saturated carbocycles. The molecule has 106 valence electrons. The molecule has 0 saturated heterocycles. The van der Waals surface area contributed by atoms with Gasteiger partial charge >= 0.3 is 11.7 Å². The van der Waals surface area contributed by atoms with Crippen LogP contribution in [0, 0.1) is 0 Å². The third kappa shape index (κ3) is 6.94. The van der Waals surface area contributed by atoms with Gasteiger partial charge in [0.1, 0.15) is 6.42 Å². The average molecular weight is 303 g/mol. The fourth-order valence-electron chi connectivity index (χ4n) is 1.13. The number of hydrogen-bond donors (Lipinski definition) is 1. The predicted octanol–water partition coefficient (Wildman–Crippen LogP) is 4.19. The van der Waals surface area contributed by atoms with Crippen molar-refractivity contribution in [2.45, 2.75) is 23.0 Å². The lowest BCUT2D eigenvalue weighted by Crippen LogP contribution is -2.21. The van der Waals surface area contributed by atoms with Crippen molar-refractivity contribution in [3.8, 4) is 0 Å². The number of thioether (sulfide) groups is 1. The van der Waals surface area contributed by atoms with Crippen molar-refractivity contribution in [2.24, 2.45) is 0 Å². The number of rotatable bonds is 3. The van der Waals surface area contributed by atoms with Crippen molar-refractivity contribution in [3.05, 3.63) is 24.3 Å². The molecule has 19 heavy (non-hydrogen) atoms. The maximum atomic E-state index is 12.0. The van der Waals surface area contributed by atoms with E-state index in [0.717, 1.165) is 24.3 Å². The molecule has 0 unspecified atom stereocenters. The molecule has 0 bridgehead atoms. The summed E-state index contributed by atoms with van der Waals surface area (Å²) in [6.07, 6.45) is -6.28. The van der Waals surface area contributed by atoms with E-state index in [1.54, 1.807) is 0 Å². The number of amides is 1. The van der Waals surface area contributed by atoms with Gasteiger partial charge in [0.05, 0.1) is 0 Å². The molecule has 0 aliphatic rings. The van der Waals surface area contributed by atoms with E-state index in [9.17, 15) is 31.1 Å². The number of carbonyl (C=O) groups excluding carboxylic acids is 1. The smallest absolute Gasteiger partial charge is 0.326 e. The predicted molar refractivity (Wildman–Crippen MR) is 57.7 cm³/mol. The Morgan fingerprint density at radius 1 is 1.05 bits per heavy atom. The van der Waals surface area contributed by atoms with Crippen LogP contribution >= 0.6 is 11.8 Å². The van der Waals surface area contributed by atoms with E-state index in [0.29, 0.717) is 0 Å². The summed E-state index contributed by atoms with van der Waals surface area (Å²) in [5.41, 5.74) is -4.44. The minimum absolute atomic E-state index is 0.000717. The van der Waals surface area contributed by atoms with Gasteiger partial charge in [-0.3, -0.25) is 4.79 Å². The van der Waals surface area contributed by atoms with Gasteiger partial charge in [-0.15, -0.1) is 0 Å². The third-order valence-electron chi connectivity index (χ3n) is 1.73. The lowest BCUT2D eigenvalue weighted by atomic mass is 10.3. The highest BCUT2D eigenvalue weighted by molar-refractivity contribution is 8.00. The van der Waals surface area contributed by atoms with Gasteiger partial charge in [-0.25, -0.2) is 0 Å². The zero-order chi connectivity index (χ0) is 14.7. The van der Waals surface area contributed by atoms with Gasteiger partial charge in [0.2, 0.25) is 5.91 Å². The zero-order valence-corrected chi connectivity index (χ0v) is 9.92. The normalized spacial score (nSPS) is 12.3. The molecule has 0 aliphatic heterocycles. The van der Waals surface area contributed by atoms with E-state index in [4.69, 9.17) is 0 Å². The lowest BCUT2D eigenvalue weighted by Gasteiger charge is -2.09. The number of carbonyl (C=O) groups is 1. The Hall–Kier alpha value is -1.38. The average Bonchev–Trinajstić information content (AvgIpc) is 2.15. The number of anilines is 1. The van der Waals surface area contributed by atoms with Crippen molar-refractivity contribution in [1.82, 2.24) is 0 Å². The first-order chi connectivity index (χ1) is 8.55. The number of nitrogens with one attached hydrogen (secondary N) is 1. The van der Waals surface area contributed by atoms with Gasteiger partial charge in [-0.05, 0) is 36.0 Å². The summed E-state index contributed by atoms with van der Waals surface area (Å²) in [4.78, 5) is 10.8. The summed E-state index contributed by atoms with van der Waals surface area (Å²) >= 11 is -0.354. The van der Waals surface area contributed by atoms with E-state index >= 15 is 0 Å². The second-order valence-corrected chi connectivity index (χ2v) is 4.55. The fourth-order valence-corrected chi connectivity index (χ4v) is 1.67. The molecule has 1 amide bonds. The zero-order valence-electron chi connectivity index (χ0n) is 9.10. The highest BCUT2D eigenvalue weighted by Gasteiger charge is 2.31. The summed E-state index contributed by atoms with van der Waals surface area (Å²) < 4.78 is 71.6. The van der Waals surface area contributed by atoms with Crippen molar-refractivity contribution >= 4 is 23.4 Å². The second-order valence-electron chi connectivity index (χ2n) is 3.41. The standard InChI is InChI=1S/C10H7F6NOS/c11-9(12,13)5-8(18)17-6-1-3-7(4-2-6)19-10(14,15)16/h1-4H,5H2,(H,17,18). The van der Waals surface area contributed by atoms with Gasteiger partial charge in [0.15, 0.2) is 0 Å². The first-order valence-corrected chi connectivity index (χ1v) is 5.59. The first-order valence-electron chi connectivity index (χ1n) is 4.77. The van der Waals surface area contributed by atoms with Crippen LogP contribution in [0.3, 0.4) is 0 Å². The van der Waals surface area contributed by atoms with Crippen LogP contribution in [0.4, 0.5) is 32.0 Å². The first kappa shape index (κ1) is 15.7. The SMILES string of the molecule is O=C(CC(F)(F)F)Nc1ccc(SC(F)(F)F)cc1. The van der Waals surface area contributed by atoms with Gasteiger partial charge in [-0.1, -0.05) is 0 Å². The van der Waals surface area contributed by atoms with Gasteiger partial charge in [0, 0.05) is 10.6 Å². The summed E-state index contributed by atoms with van der Waals surface area (Å²) in [6, 6.07) is 4.31. The van der Waals surface area contributed by atoms with E-state index in [-0.39, 0.29) is 22.3 Å². The monoisotopic (exact) mass is 303 g/mol. The Kier molecular flexibility index (Phi) is 4.72. The molecule has 0 spiro atoms. The number of halogens is 6. The molecule has 1 aromatic rings. The van der Waals surface area contributed by atoms with Crippen LogP contribution in [0.15, 0.2) is 29.2 Å². The highest BCUT2D eigenvalue weighted by atomic mass is 32.2. The molecule has 0 radical (unpaired) electrons. The Balaban J connectivity index is 2.60. The fraction of sp³-hybridized carbons (Fsp3) is 0.300. The lowest BCUT2D eigenvalue weighted by molar-refractivity contribution is -0.150. The largest absolute Gasteiger partial charge is 0.446 e. The van der Waals surface area contributed by atoms with Crippen LogP contribution < -0.4 is 5.32 Å². The molecule has 9 heteroatoms. The quantitative estimate of drug-likeness (QED) is 0.670. The maximum absolute atomic E-state index is 12.0. The molecule has 0 atom stereocenters. The molecule has 1 aromatic carbocycles. The molecular formula is C10H7F6NOS. The molecule has 0 fully saturated rings. The molecule has 0 aliphatic carbocycles. The van der Waals surface area contributed by atoms with Crippen molar-refractivity contribution < 1.29 is 31.1 Å². The van der Waals surface area contributed by atoms with Crippen LogP contribution in [0.2, 0.25) is 0 Å². The summed E-state index contributed by atoms with van der Waals surface area (Å²) in [7, 11) is 0. The van der Waals surface area contributed by atoms with Crippen LogP contribution in [0.5, 0.6) is 0 Å². The van der Waals surface area contributed by atoms with Crippen molar-refractivity contribution in [1.29, 1.82) is 0 Å². The van der Waals surface area contributed by atoms with E-state index in [1.165, 1.54) is 0 Å². The molecule has 1 N–H and O–H groups in total. The molecule has 0 aromatic heterocycles. The van der Waals surface area contributed by atoms with E-state index < -0.39 is 24.0 Å². The number of hydrogen-bond acceptors (Lipinski definition) is 2. The molecule has 0 heterocycles. The van der Waals surface area contributed by atoms with Crippen LogP contribution in [-0.2, 0) is 4.79 Å². The second kappa shape index (κ2) is 5.72. The van der Waals surface area contributed by atoms with Gasteiger partial charge < -0.3 is 5.32 Å². The van der Waals surface area contributed by atoms with Crippen LogP contribution in [0.25, 0.3) is 0 Å². The van der Waals surface area contributed by atoms with E-state index in [1.807, 2.05) is 5.32 Å². The van der Waals surface area contributed by atoms with E-state index in [2.05, 4.69) is 0 Å². The van der Waals surface area contributed by atoms with Crippen molar-refractivity contribution in [3.63, 3.8) is 0 Å². The molecular weight excluding hydrogens is 296 g/mol. The highest BCUT2D eigenvalue weighted by Crippen LogP contribution is 2.37. The minimum atomic E-state index is -4.63. The number of alkyl halides is 6. The van der Waals surface area contributed by atoms with Crippen LogP contribution in [0.1, 0.15) is 6.42 Å². The Bertz CT molecular complexity index is 439. The summed E-state index contributed by atoms with van der Waals surface area (Å²) in [5.74, 6) is -1.27. The van der Waals surface area contributed by atoms with Gasteiger partial charge in [0.25, 0.3) is 0 Å². The Morgan fingerprint density at radius 2 is 1.58 bits per heavy atom. The summed E-state index contributed by atoms with van der Waals surface area (Å²) in [5, 5.41) is 1.94. The topological polar surface area (TPSA) is 29.1 Å². The van der Waals surface area contributed by atoms with Gasteiger partial charge in [-0.2, -0.15) is 26.3 Å². The number of benzene rings is 1. The Labute approximate surface area is 108 Å². The Morgan fingerprint density at radius 3 is 2.00 bits per heavy atom. The maximum Gasteiger partial charge on any atom is 0.446 e. The molecule has 2 nitrogen and oxygen atoms in total.